The van der Waals surface area contributed by atoms with Crippen molar-refractivity contribution in [2.24, 2.45) is 0 Å². The molecule has 14 heavy (non-hydrogen) atoms. The average molecular weight is 186 g/mol. The van der Waals surface area contributed by atoms with E-state index in [-0.39, 0.29) is 5.75 Å². The molecule has 2 aromatic rings. The van der Waals surface area contributed by atoms with Gasteiger partial charge in [-0.3, -0.25) is 0 Å². The van der Waals surface area contributed by atoms with E-state index in [2.05, 4.69) is 9.97 Å². The van der Waals surface area contributed by atoms with Gasteiger partial charge in [0.2, 0.25) is 0 Å². The highest BCUT2D eigenvalue weighted by molar-refractivity contribution is 5.68. The van der Waals surface area contributed by atoms with E-state index in [1.165, 1.54) is 6.33 Å². The molecule has 3 heteroatoms. The molecule has 0 aliphatic carbocycles. The van der Waals surface area contributed by atoms with Gasteiger partial charge in [-0.1, -0.05) is 12.1 Å². The van der Waals surface area contributed by atoms with Crippen LogP contribution in [0, 0.1) is 6.92 Å². The first-order valence-corrected chi connectivity index (χ1v) is 4.32. The number of rotatable bonds is 1. The first kappa shape index (κ1) is 8.69. The summed E-state index contributed by atoms with van der Waals surface area (Å²) in [6, 6.07) is 5.54. The zero-order valence-corrected chi connectivity index (χ0v) is 7.81. The van der Waals surface area contributed by atoms with Gasteiger partial charge in [-0.15, -0.1) is 0 Å². The summed E-state index contributed by atoms with van der Waals surface area (Å²) in [7, 11) is 0. The summed E-state index contributed by atoms with van der Waals surface area (Å²) < 4.78 is 0. The van der Waals surface area contributed by atoms with Crippen LogP contribution in [0.5, 0.6) is 5.75 Å². The van der Waals surface area contributed by atoms with Gasteiger partial charge >= 0.3 is 0 Å². The van der Waals surface area contributed by atoms with Gasteiger partial charge in [0.25, 0.3) is 0 Å². The van der Waals surface area contributed by atoms with Gasteiger partial charge in [-0.25, -0.2) is 9.97 Å². The number of hydrogen-bond donors (Lipinski definition) is 1. The summed E-state index contributed by atoms with van der Waals surface area (Å²) >= 11 is 0. The average Bonchev–Trinajstić information content (AvgIpc) is 2.19. The van der Waals surface area contributed by atoms with Crippen molar-refractivity contribution in [3.8, 4) is 16.9 Å². The van der Waals surface area contributed by atoms with Gasteiger partial charge < -0.3 is 5.11 Å². The molecule has 1 aromatic heterocycles. The van der Waals surface area contributed by atoms with Gasteiger partial charge in [0.1, 0.15) is 12.1 Å². The van der Waals surface area contributed by atoms with Crippen molar-refractivity contribution in [1.29, 1.82) is 0 Å². The quantitative estimate of drug-likeness (QED) is 0.742. The normalized spacial score (nSPS) is 10.1. The summed E-state index contributed by atoms with van der Waals surface area (Å²) in [5.41, 5.74) is 2.62. The van der Waals surface area contributed by atoms with Crippen molar-refractivity contribution < 1.29 is 5.11 Å². The largest absolute Gasteiger partial charge is 0.507 e. The molecule has 3 nitrogen and oxygen atoms in total. The fourth-order valence-electron chi connectivity index (χ4n) is 1.32. The van der Waals surface area contributed by atoms with Crippen LogP contribution in [-0.2, 0) is 0 Å². The lowest BCUT2D eigenvalue weighted by molar-refractivity contribution is 0.477. The number of phenols is 1. The Bertz CT molecular complexity index is 440. The second-order valence-electron chi connectivity index (χ2n) is 3.15. The maximum absolute atomic E-state index is 9.69. The lowest BCUT2D eigenvalue weighted by Crippen LogP contribution is -1.83. The molecule has 0 radical (unpaired) electrons. The van der Waals surface area contributed by atoms with Crippen molar-refractivity contribution in [3.63, 3.8) is 0 Å². The molecule has 70 valence electrons. The molecule has 2 rings (SSSR count). The van der Waals surface area contributed by atoms with E-state index in [0.29, 0.717) is 0 Å². The summed E-state index contributed by atoms with van der Waals surface area (Å²) in [4.78, 5) is 7.80. The Balaban J connectivity index is 2.53. The third-order valence-electron chi connectivity index (χ3n) is 2.02. The molecule has 1 aromatic carbocycles. The van der Waals surface area contributed by atoms with Crippen LogP contribution in [0.25, 0.3) is 11.1 Å². The second kappa shape index (κ2) is 3.46. The van der Waals surface area contributed by atoms with Crippen LogP contribution in [0.1, 0.15) is 5.56 Å². The van der Waals surface area contributed by atoms with Crippen LogP contribution in [0.2, 0.25) is 0 Å². The third-order valence-corrected chi connectivity index (χ3v) is 2.02. The summed E-state index contributed by atoms with van der Waals surface area (Å²) in [6.45, 7) is 1.94. The molecular weight excluding hydrogens is 176 g/mol. The van der Waals surface area contributed by atoms with Gasteiger partial charge in [0.05, 0.1) is 0 Å². The number of aromatic hydroxyl groups is 1. The van der Waals surface area contributed by atoms with E-state index in [9.17, 15) is 5.11 Å². The summed E-state index contributed by atoms with van der Waals surface area (Å²) in [5, 5.41) is 9.69. The Hall–Kier alpha value is -1.90. The topological polar surface area (TPSA) is 46.0 Å². The SMILES string of the molecule is Cc1ccc(-c2cncnc2)c(O)c1. The van der Waals surface area contributed by atoms with Crippen molar-refractivity contribution in [1.82, 2.24) is 9.97 Å². The van der Waals surface area contributed by atoms with Crippen LogP contribution in [0.15, 0.2) is 36.9 Å². The Morgan fingerprint density at radius 1 is 1.14 bits per heavy atom. The van der Waals surface area contributed by atoms with E-state index < -0.39 is 0 Å². The van der Waals surface area contributed by atoms with E-state index in [1.54, 1.807) is 18.5 Å². The lowest BCUT2D eigenvalue weighted by Gasteiger charge is -2.03. The second-order valence-corrected chi connectivity index (χ2v) is 3.15. The third kappa shape index (κ3) is 1.57. The van der Waals surface area contributed by atoms with Crippen LogP contribution in [-0.4, -0.2) is 15.1 Å². The minimum atomic E-state index is 0.264. The molecule has 0 aliphatic rings. The van der Waals surface area contributed by atoms with Crippen molar-refractivity contribution >= 4 is 0 Å². The van der Waals surface area contributed by atoms with Crippen molar-refractivity contribution in [3.05, 3.63) is 42.5 Å². The summed E-state index contributed by atoms with van der Waals surface area (Å²) in [5.74, 6) is 0.264. The van der Waals surface area contributed by atoms with Crippen LogP contribution in [0.3, 0.4) is 0 Å². The summed E-state index contributed by atoms with van der Waals surface area (Å²) in [6.07, 6.45) is 4.82. The van der Waals surface area contributed by atoms with Gasteiger partial charge in [0, 0.05) is 23.5 Å². The minimum Gasteiger partial charge on any atom is -0.507 e. The van der Waals surface area contributed by atoms with E-state index >= 15 is 0 Å². The van der Waals surface area contributed by atoms with Crippen LogP contribution in [0.4, 0.5) is 0 Å². The molecule has 0 fully saturated rings. The molecule has 1 N–H and O–H groups in total. The highest BCUT2D eigenvalue weighted by atomic mass is 16.3. The van der Waals surface area contributed by atoms with Gasteiger partial charge in [0.15, 0.2) is 0 Å². The smallest absolute Gasteiger partial charge is 0.123 e. The molecule has 0 bridgehead atoms. The van der Waals surface area contributed by atoms with E-state index in [0.717, 1.165) is 16.7 Å². The number of nitrogens with zero attached hydrogens (tertiary/aromatic N) is 2. The molecule has 0 saturated heterocycles. The molecule has 1 heterocycles. The molecular formula is C11H10N2O. The number of benzene rings is 1. The molecule has 0 unspecified atom stereocenters. The van der Waals surface area contributed by atoms with Crippen LogP contribution >= 0.6 is 0 Å². The van der Waals surface area contributed by atoms with Gasteiger partial charge in [-0.05, 0) is 18.6 Å². The Labute approximate surface area is 82.1 Å². The first-order chi connectivity index (χ1) is 6.77. The predicted molar refractivity (Wildman–Crippen MR) is 53.9 cm³/mol. The Kier molecular flexibility index (Phi) is 2.14. The van der Waals surface area contributed by atoms with Crippen molar-refractivity contribution in [2.45, 2.75) is 6.92 Å². The highest BCUT2D eigenvalue weighted by Gasteiger charge is 2.03. The maximum atomic E-state index is 9.69. The maximum Gasteiger partial charge on any atom is 0.123 e. The van der Waals surface area contributed by atoms with Gasteiger partial charge in [-0.2, -0.15) is 0 Å². The molecule has 0 atom stereocenters. The monoisotopic (exact) mass is 186 g/mol. The molecule has 0 amide bonds. The molecule has 0 aliphatic heterocycles. The van der Waals surface area contributed by atoms with Crippen LogP contribution < -0.4 is 0 Å². The number of hydrogen-bond acceptors (Lipinski definition) is 3. The number of phenolic OH excluding ortho intramolecular Hbond substituents is 1. The molecule has 0 spiro atoms. The van der Waals surface area contributed by atoms with E-state index in [4.69, 9.17) is 0 Å². The molecule has 0 saturated carbocycles. The standard InChI is InChI=1S/C11H10N2O/c1-8-2-3-10(11(14)4-8)9-5-12-7-13-6-9/h2-7,14H,1H3. The Morgan fingerprint density at radius 3 is 2.50 bits per heavy atom. The number of aromatic nitrogens is 2. The highest BCUT2D eigenvalue weighted by Crippen LogP contribution is 2.28. The van der Waals surface area contributed by atoms with Crippen molar-refractivity contribution in [2.75, 3.05) is 0 Å². The lowest BCUT2D eigenvalue weighted by atomic mass is 10.1. The fraction of sp³-hybridized carbons (Fsp3) is 0.0909. The minimum absolute atomic E-state index is 0.264. The predicted octanol–water partition coefficient (Wildman–Crippen LogP) is 2.16. The van der Waals surface area contributed by atoms with E-state index in [1.807, 2.05) is 19.1 Å². The zero-order chi connectivity index (χ0) is 9.97. The Morgan fingerprint density at radius 2 is 1.86 bits per heavy atom. The first-order valence-electron chi connectivity index (χ1n) is 4.32. The zero-order valence-electron chi connectivity index (χ0n) is 7.81. The fourth-order valence-corrected chi connectivity index (χ4v) is 1.32. The number of aryl methyl sites for hydroxylation is 1.